The molecule has 1 aliphatic heterocycles. The maximum atomic E-state index is 5.95. The van der Waals surface area contributed by atoms with Crippen molar-refractivity contribution in [1.29, 1.82) is 0 Å². The summed E-state index contributed by atoms with van der Waals surface area (Å²) in [5, 5.41) is 6.85. The second kappa shape index (κ2) is 5.06. The van der Waals surface area contributed by atoms with Crippen molar-refractivity contribution in [1.82, 2.24) is 10.2 Å². The van der Waals surface area contributed by atoms with Crippen LogP contribution in [0.15, 0.2) is 30.5 Å². The Kier molecular flexibility index (Phi) is 3.28. The zero-order chi connectivity index (χ0) is 12.4. The summed E-state index contributed by atoms with van der Waals surface area (Å²) in [6.45, 7) is 0. The van der Waals surface area contributed by atoms with Gasteiger partial charge in [-0.2, -0.15) is 16.9 Å². The molecule has 94 valence electrons. The average Bonchev–Trinajstić information content (AvgIpc) is 2.86. The van der Waals surface area contributed by atoms with Crippen LogP contribution in [0.5, 0.6) is 0 Å². The van der Waals surface area contributed by atoms with Crippen LogP contribution in [0.2, 0.25) is 0 Å². The van der Waals surface area contributed by atoms with Crippen molar-refractivity contribution >= 4 is 17.6 Å². The van der Waals surface area contributed by atoms with E-state index in [4.69, 9.17) is 5.73 Å². The van der Waals surface area contributed by atoms with Crippen molar-refractivity contribution in [3.63, 3.8) is 0 Å². The van der Waals surface area contributed by atoms with Gasteiger partial charge in [0.1, 0.15) is 5.82 Å². The summed E-state index contributed by atoms with van der Waals surface area (Å²) in [6, 6.07) is 8.58. The molecule has 1 aromatic heterocycles. The Labute approximate surface area is 111 Å². The van der Waals surface area contributed by atoms with Crippen LogP contribution in [-0.4, -0.2) is 21.7 Å². The average molecular weight is 259 g/mol. The number of nitrogens with zero attached hydrogens (tertiary/aromatic N) is 1. The quantitative estimate of drug-likeness (QED) is 0.870. The molecule has 18 heavy (non-hydrogen) atoms. The molecule has 4 heteroatoms. The van der Waals surface area contributed by atoms with E-state index in [0.717, 1.165) is 5.56 Å². The van der Waals surface area contributed by atoms with Crippen LogP contribution in [-0.2, 0) is 0 Å². The summed E-state index contributed by atoms with van der Waals surface area (Å²) in [5.41, 5.74) is 9.64. The minimum atomic E-state index is 0.660. The van der Waals surface area contributed by atoms with E-state index in [2.05, 4.69) is 46.2 Å². The van der Waals surface area contributed by atoms with E-state index < -0.39 is 0 Å². The van der Waals surface area contributed by atoms with Gasteiger partial charge in [0.15, 0.2) is 0 Å². The Hall–Kier alpha value is -1.42. The normalized spacial score (nSPS) is 16.9. The van der Waals surface area contributed by atoms with Gasteiger partial charge in [-0.3, -0.25) is 5.10 Å². The molecule has 2 heterocycles. The van der Waals surface area contributed by atoms with Crippen LogP contribution in [0.4, 0.5) is 5.82 Å². The Balaban J connectivity index is 2.02. The Morgan fingerprint density at radius 3 is 2.67 bits per heavy atom. The smallest absolute Gasteiger partial charge is 0.126 e. The molecule has 3 N–H and O–H groups in total. The highest BCUT2D eigenvalue weighted by Gasteiger charge is 2.20. The van der Waals surface area contributed by atoms with E-state index in [9.17, 15) is 0 Å². The predicted molar refractivity (Wildman–Crippen MR) is 77.7 cm³/mol. The van der Waals surface area contributed by atoms with Gasteiger partial charge in [0, 0.05) is 5.56 Å². The van der Waals surface area contributed by atoms with E-state index in [0.29, 0.717) is 11.7 Å². The Morgan fingerprint density at radius 2 is 1.94 bits per heavy atom. The van der Waals surface area contributed by atoms with Gasteiger partial charge in [0.05, 0.1) is 6.20 Å². The highest BCUT2D eigenvalue weighted by atomic mass is 32.2. The maximum Gasteiger partial charge on any atom is 0.126 e. The number of hydrogen-bond acceptors (Lipinski definition) is 3. The highest BCUT2D eigenvalue weighted by Crippen LogP contribution is 2.38. The van der Waals surface area contributed by atoms with Gasteiger partial charge in [-0.05, 0) is 41.4 Å². The van der Waals surface area contributed by atoms with Gasteiger partial charge in [0.2, 0.25) is 0 Å². The summed E-state index contributed by atoms with van der Waals surface area (Å²) in [5.74, 6) is 3.85. The number of H-pyrrole nitrogens is 1. The molecule has 0 radical (unpaired) electrons. The number of nitrogen functional groups attached to an aromatic ring is 1. The third-order valence-corrected chi connectivity index (χ3v) is 4.63. The molecule has 0 aliphatic carbocycles. The maximum absolute atomic E-state index is 5.95. The second-order valence-electron chi connectivity index (χ2n) is 4.67. The molecule has 2 aromatic rings. The van der Waals surface area contributed by atoms with Crippen molar-refractivity contribution in [2.24, 2.45) is 0 Å². The highest BCUT2D eigenvalue weighted by molar-refractivity contribution is 7.99. The first kappa shape index (κ1) is 11.7. The molecule has 0 unspecified atom stereocenters. The first-order valence-electron chi connectivity index (χ1n) is 6.32. The SMILES string of the molecule is Nc1[nH]ncc1-c1ccccc1C1CCSCC1. The molecule has 1 aliphatic rings. The number of benzene rings is 1. The molecule has 3 nitrogen and oxygen atoms in total. The van der Waals surface area contributed by atoms with Gasteiger partial charge in [-0.1, -0.05) is 24.3 Å². The Bertz CT molecular complexity index is 529. The van der Waals surface area contributed by atoms with Crippen molar-refractivity contribution in [2.45, 2.75) is 18.8 Å². The standard InChI is InChI=1S/C14H17N3S/c15-14-13(9-16-17-14)12-4-2-1-3-11(12)10-5-7-18-8-6-10/h1-4,9-10H,5-8H2,(H3,15,16,17). The van der Waals surface area contributed by atoms with Crippen LogP contribution < -0.4 is 5.73 Å². The zero-order valence-corrected chi connectivity index (χ0v) is 11.0. The molecule has 0 bridgehead atoms. The number of aromatic amines is 1. The minimum Gasteiger partial charge on any atom is -0.384 e. The van der Waals surface area contributed by atoms with Crippen LogP contribution in [0, 0.1) is 0 Å². The molecule has 1 saturated heterocycles. The number of thioether (sulfide) groups is 1. The van der Waals surface area contributed by atoms with Crippen LogP contribution >= 0.6 is 11.8 Å². The molecule has 0 saturated carbocycles. The summed E-state index contributed by atoms with van der Waals surface area (Å²) in [7, 11) is 0. The third-order valence-electron chi connectivity index (χ3n) is 3.58. The van der Waals surface area contributed by atoms with E-state index in [1.165, 1.54) is 35.5 Å². The van der Waals surface area contributed by atoms with Gasteiger partial charge >= 0.3 is 0 Å². The Morgan fingerprint density at radius 1 is 1.17 bits per heavy atom. The molecule has 0 spiro atoms. The van der Waals surface area contributed by atoms with Crippen molar-refractivity contribution < 1.29 is 0 Å². The first-order valence-corrected chi connectivity index (χ1v) is 7.47. The van der Waals surface area contributed by atoms with Gasteiger partial charge in [-0.15, -0.1) is 0 Å². The zero-order valence-electron chi connectivity index (χ0n) is 10.2. The summed E-state index contributed by atoms with van der Waals surface area (Å²) < 4.78 is 0. The third kappa shape index (κ3) is 2.12. The number of hydrogen-bond donors (Lipinski definition) is 2. The number of nitrogens with two attached hydrogens (primary N) is 1. The lowest BCUT2D eigenvalue weighted by Crippen LogP contribution is -2.09. The van der Waals surface area contributed by atoms with Gasteiger partial charge < -0.3 is 5.73 Å². The van der Waals surface area contributed by atoms with Crippen LogP contribution in [0.1, 0.15) is 24.3 Å². The van der Waals surface area contributed by atoms with Crippen molar-refractivity contribution in [3.8, 4) is 11.1 Å². The number of aromatic nitrogens is 2. The molecule has 0 amide bonds. The van der Waals surface area contributed by atoms with Crippen LogP contribution in [0.3, 0.4) is 0 Å². The molecule has 1 aromatic carbocycles. The molecule has 0 atom stereocenters. The lowest BCUT2D eigenvalue weighted by molar-refractivity contribution is 0.639. The lowest BCUT2D eigenvalue weighted by Gasteiger charge is -2.24. The second-order valence-corrected chi connectivity index (χ2v) is 5.90. The van der Waals surface area contributed by atoms with Crippen molar-refractivity contribution in [2.75, 3.05) is 17.2 Å². The summed E-state index contributed by atoms with van der Waals surface area (Å²) >= 11 is 2.06. The molecule has 1 fully saturated rings. The fraction of sp³-hybridized carbons (Fsp3) is 0.357. The fourth-order valence-electron chi connectivity index (χ4n) is 2.62. The monoisotopic (exact) mass is 259 g/mol. The minimum absolute atomic E-state index is 0.660. The largest absolute Gasteiger partial charge is 0.384 e. The number of anilines is 1. The van der Waals surface area contributed by atoms with Gasteiger partial charge in [0.25, 0.3) is 0 Å². The summed E-state index contributed by atoms with van der Waals surface area (Å²) in [4.78, 5) is 0. The van der Waals surface area contributed by atoms with Crippen molar-refractivity contribution in [3.05, 3.63) is 36.0 Å². The van der Waals surface area contributed by atoms with E-state index in [-0.39, 0.29) is 0 Å². The molecular formula is C14H17N3S. The topological polar surface area (TPSA) is 54.7 Å². The lowest BCUT2D eigenvalue weighted by atomic mass is 9.87. The van der Waals surface area contributed by atoms with E-state index >= 15 is 0 Å². The predicted octanol–water partition coefficient (Wildman–Crippen LogP) is 3.27. The van der Waals surface area contributed by atoms with E-state index in [1.807, 2.05) is 6.20 Å². The molecule has 3 rings (SSSR count). The number of nitrogens with one attached hydrogen (secondary N) is 1. The van der Waals surface area contributed by atoms with Crippen LogP contribution in [0.25, 0.3) is 11.1 Å². The van der Waals surface area contributed by atoms with Gasteiger partial charge in [-0.25, -0.2) is 0 Å². The number of rotatable bonds is 2. The fourth-order valence-corrected chi connectivity index (χ4v) is 3.72. The summed E-state index contributed by atoms with van der Waals surface area (Å²) in [6.07, 6.45) is 4.35. The van der Waals surface area contributed by atoms with E-state index in [1.54, 1.807) is 0 Å². The molecular weight excluding hydrogens is 242 g/mol. The first-order chi connectivity index (χ1) is 8.86.